The molecule has 0 saturated carbocycles. The quantitative estimate of drug-likeness (QED) is 0.645. The summed E-state index contributed by atoms with van der Waals surface area (Å²) >= 11 is 0. The number of nitrogens with one attached hydrogen (secondary N) is 2. The molecule has 156 valence electrons. The minimum absolute atomic E-state index is 0.187. The van der Waals surface area contributed by atoms with Gasteiger partial charge in [-0.1, -0.05) is 18.2 Å². The third-order valence-electron chi connectivity index (χ3n) is 5.65. The van der Waals surface area contributed by atoms with Gasteiger partial charge in [-0.2, -0.15) is 0 Å². The van der Waals surface area contributed by atoms with Crippen molar-refractivity contribution >= 4 is 16.0 Å². The van der Waals surface area contributed by atoms with E-state index in [9.17, 15) is 17.6 Å². The van der Waals surface area contributed by atoms with Crippen LogP contribution in [0.15, 0.2) is 24.3 Å². The predicted octanol–water partition coefficient (Wildman–Crippen LogP) is 0.861. The van der Waals surface area contributed by atoms with Crippen LogP contribution in [0, 0.1) is 11.7 Å². The van der Waals surface area contributed by atoms with E-state index >= 15 is 0 Å². The Labute approximate surface area is 165 Å². The number of hydrogen-bond acceptors (Lipinski definition) is 6. The SMILES string of the molecule is COC(=O)C1CC(S(=O)(=O)NCC2CCN(Cc3ccccc3F)CC2)CN1. The zero-order valence-corrected chi connectivity index (χ0v) is 16.9. The summed E-state index contributed by atoms with van der Waals surface area (Å²) in [6, 6.07) is 6.23. The van der Waals surface area contributed by atoms with Crippen molar-refractivity contribution in [3.63, 3.8) is 0 Å². The second-order valence-corrected chi connectivity index (χ2v) is 9.59. The topological polar surface area (TPSA) is 87.7 Å². The lowest BCUT2D eigenvalue weighted by Crippen LogP contribution is -2.41. The highest BCUT2D eigenvalue weighted by Gasteiger charge is 2.37. The molecule has 2 fully saturated rings. The standard InChI is InChI=1S/C19H28FN3O4S/c1-27-19(24)18-10-16(12-21-18)28(25,26)22-11-14-6-8-23(9-7-14)13-15-4-2-3-5-17(15)20/h2-5,14,16,18,21-22H,6-13H2,1H3. The Kier molecular flexibility index (Phi) is 7.03. The van der Waals surface area contributed by atoms with Crippen LogP contribution in [-0.2, 0) is 26.1 Å². The smallest absolute Gasteiger partial charge is 0.322 e. The molecule has 3 rings (SSSR count). The van der Waals surface area contributed by atoms with Gasteiger partial charge in [0.15, 0.2) is 0 Å². The van der Waals surface area contributed by atoms with Crippen LogP contribution < -0.4 is 10.0 Å². The van der Waals surface area contributed by atoms with Crippen molar-refractivity contribution in [2.24, 2.45) is 5.92 Å². The fourth-order valence-electron chi connectivity index (χ4n) is 3.83. The molecular weight excluding hydrogens is 385 g/mol. The van der Waals surface area contributed by atoms with Crippen molar-refractivity contribution in [3.05, 3.63) is 35.6 Å². The molecule has 2 saturated heterocycles. The van der Waals surface area contributed by atoms with E-state index in [0.717, 1.165) is 25.9 Å². The molecule has 2 N–H and O–H groups in total. The number of ether oxygens (including phenoxy) is 1. The Balaban J connectivity index is 1.42. The third kappa shape index (κ3) is 5.28. The van der Waals surface area contributed by atoms with Crippen LogP contribution >= 0.6 is 0 Å². The monoisotopic (exact) mass is 413 g/mol. The van der Waals surface area contributed by atoms with Gasteiger partial charge in [-0.15, -0.1) is 0 Å². The second-order valence-electron chi connectivity index (χ2n) is 7.55. The highest BCUT2D eigenvalue weighted by atomic mass is 32.2. The highest BCUT2D eigenvalue weighted by molar-refractivity contribution is 7.90. The Bertz CT molecular complexity index is 781. The molecule has 2 aliphatic heterocycles. The van der Waals surface area contributed by atoms with Gasteiger partial charge in [-0.3, -0.25) is 9.69 Å². The number of methoxy groups -OCH3 is 1. The van der Waals surface area contributed by atoms with Gasteiger partial charge in [0.2, 0.25) is 10.0 Å². The zero-order chi connectivity index (χ0) is 20.1. The molecular formula is C19H28FN3O4S. The molecule has 0 aromatic heterocycles. The van der Waals surface area contributed by atoms with E-state index in [1.807, 2.05) is 6.07 Å². The van der Waals surface area contributed by atoms with Crippen molar-refractivity contribution in [1.82, 2.24) is 14.9 Å². The molecule has 7 nitrogen and oxygen atoms in total. The number of carbonyl (C=O) groups excluding carboxylic acids is 1. The molecule has 2 atom stereocenters. The molecule has 2 aliphatic rings. The number of likely N-dealkylation sites (tertiary alicyclic amines) is 1. The lowest BCUT2D eigenvalue weighted by Gasteiger charge is -2.32. The fourth-order valence-corrected chi connectivity index (χ4v) is 5.29. The molecule has 2 unspecified atom stereocenters. The molecule has 0 bridgehead atoms. The van der Waals surface area contributed by atoms with Gasteiger partial charge in [0, 0.05) is 25.2 Å². The van der Waals surface area contributed by atoms with Gasteiger partial charge < -0.3 is 10.1 Å². The van der Waals surface area contributed by atoms with Gasteiger partial charge >= 0.3 is 5.97 Å². The van der Waals surface area contributed by atoms with Gasteiger partial charge in [0.1, 0.15) is 11.9 Å². The summed E-state index contributed by atoms with van der Waals surface area (Å²) in [6.07, 6.45) is 1.96. The third-order valence-corrected chi connectivity index (χ3v) is 7.45. The first-order chi connectivity index (χ1) is 13.4. The second kappa shape index (κ2) is 9.30. The minimum atomic E-state index is -3.49. The predicted molar refractivity (Wildman–Crippen MR) is 104 cm³/mol. The van der Waals surface area contributed by atoms with Crippen molar-refractivity contribution in [3.8, 4) is 0 Å². The summed E-state index contributed by atoms with van der Waals surface area (Å²) in [5.74, 6) is -0.356. The summed E-state index contributed by atoms with van der Waals surface area (Å²) in [5.41, 5.74) is 0.690. The number of carbonyl (C=O) groups is 1. The Morgan fingerprint density at radius 1 is 1.32 bits per heavy atom. The van der Waals surface area contributed by atoms with Crippen LogP contribution in [-0.4, -0.2) is 63.9 Å². The van der Waals surface area contributed by atoms with E-state index in [1.54, 1.807) is 12.1 Å². The summed E-state index contributed by atoms with van der Waals surface area (Å²) in [6.45, 7) is 2.85. The maximum Gasteiger partial charge on any atom is 0.322 e. The molecule has 1 aromatic rings. The molecule has 0 spiro atoms. The molecule has 28 heavy (non-hydrogen) atoms. The number of benzene rings is 1. The van der Waals surface area contributed by atoms with Gasteiger partial charge in [-0.05, 0) is 44.3 Å². The van der Waals surface area contributed by atoms with Crippen molar-refractivity contribution in [1.29, 1.82) is 0 Å². The average molecular weight is 414 g/mol. The van der Waals surface area contributed by atoms with E-state index in [4.69, 9.17) is 0 Å². The number of halogens is 1. The molecule has 1 aromatic carbocycles. The van der Waals surface area contributed by atoms with Gasteiger partial charge in [-0.25, -0.2) is 17.5 Å². The summed E-state index contributed by atoms with van der Waals surface area (Å²) in [5, 5.41) is 2.28. The highest BCUT2D eigenvalue weighted by Crippen LogP contribution is 2.21. The number of hydrogen-bond donors (Lipinski definition) is 2. The van der Waals surface area contributed by atoms with E-state index in [2.05, 4.69) is 19.7 Å². The van der Waals surface area contributed by atoms with Crippen LogP contribution in [0.4, 0.5) is 4.39 Å². The van der Waals surface area contributed by atoms with Crippen LogP contribution in [0.5, 0.6) is 0 Å². The molecule has 0 aliphatic carbocycles. The molecule has 9 heteroatoms. The average Bonchev–Trinajstić information content (AvgIpc) is 3.20. The first-order valence-corrected chi connectivity index (χ1v) is 11.2. The largest absolute Gasteiger partial charge is 0.468 e. The van der Waals surface area contributed by atoms with Crippen molar-refractivity contribution in [2.45, 2.75) is 37.1 Å². The first-order valence-electron chi connectivity index (χ1n) is 9.64. The maximum atomic E-state index is 13.8. The Hall–Kier alpha value is -1.55. The number of piperidine rings is 1. The van der Waals surface area contributed by atoms with E-state index in [-0.39, 0.29) is 24.7 Å². The minimum Gasteiger partial charge on any atom is -0.468 e. The number of sulfonamides is 1. The normalized spacial score (nSPS) is 24.4. The number of rotatable bonds is 7. The van der Waals surface area contributed by atoms with Crippen molar-refractivity contribution in [2.75, 3.05) is 33.3 Å². The summed E-state index contributed by atoms with van der Waals surface area (Å²) < 4.78 is 46.2. The summed E-state index contributed by atoms with van der Waals surface area (Å²) in [4.78, 5) is 13.7. The van der Waals surface area contributed by atoms with Gasteiger partial charge in [0.25, 0.3) is 0 Å². The number of esters is 1. The molecule has 2 heterocycles. The van der Waals surface area contributed by atoms with Crippen LogP contribution in [0.25, 0.3) is 0 Å². The Morgan fingerprint density at radius 2 is 2.04 bits per heavy atom. The lowest BCUT2D eigenvalue weighted by atomic mass is 9.97. The maximum absolute atomic E-state index is 13.8. The lowest BCUT2D eigenvalue weighted by molar-refractivity contribution is -0.142. The van der Waals surface area contributed by atoms with Crippen molar-refractivity contribution < 1.29 is 22.3 Å². The van der Waals surface area contributed by atoms with E-state index in [1.165, 1.54) is 13.2 Å². The number of nitrogens with zero attached hydrogens (tertiary/aromatic N) is 1. The van der Waals surface area contributed by atoms with Crippen LogP contribution in [0.1, 0.15) is 24.8 Å². The van der Waals surface area contributed by atoms with Crippen LogP contribution in [0.2, 0.25) is 0 Å². The van der Waals surface area contributed by atoms with E-state index in [0.29, 0.717) is 18.7 Å². The first kappa shape index (κ1) is 21.2. The summed E-state index contributed by atoms with van der Waals surface area (Å²) in [7, 11) is -2.19. The Morgan fingerprint density at radius 3 is 2.71 bits per heavy atom. The van der Waals surface area contributed by atoms with Crippen LogP contribution in [0.3, 0.4) is 0 Å². The molecule has 0 amide bonds. The molecule has 0 radical (unpaired) electrons. The van der Waals surface area contributed by atoms with E-state index < -0.39 is 27.3 Å². The fraction of sp³-hybridized carbons (Fsp3) is 0.632. The van der Waals surface area contributed by atoms with Gasteiger partial charge in [0.05, 0.1) is 12.4 Å². The zero-order valence-electron chi connectivity index (χ0n) is 16.1.